The van der Waals surface area contributed by atoms with Crippen molar-refractivity contribution in [2.45, 2.75) is 26.9 Å². The van der Waals surface area contributed by atoms with E-state index in [2.05, 4.69) is 9.97 Å². The maximum absolute atomic E-state index is 13.3. The highest BCUT2D eigenvalue weighted by molar-refractivity contribution is 6.26. The van der Waals surface area contributed by atoms with Gasteiger partial charge in [-0.25, -0.2) is 9.13 Å². The van der Waals surface area contributed by atoms with Crippen LogP contribution in [0, 0.1) is 13.8 Å². The molecule has 1 aromatic carbocycles. The van der Waals surface area contributed by atoms with Gasteiger partial charge in [0.05, 0.1) is 18.5 Å². The molecule has 0 radical (unpaired) electrons. The van der Waals surface area contributed by atoms with E-state index in [-0.39, 0.29) is 11.6 Å². The van der Waals surface area contributed by atoms with Crippen LogP contribution in [0.15, 0.2) is 36.7 Å². The summed E-state index contributed by atoms with van der Waals surface area (Å²) >= 11 is 0. The quantitative estimate of drug-likeness (QED) is 0.494. The van der Waals surface area contributed by atoms with Crippen molar-refractivity contribution >= 4 is 11.6 Å². The van der Waals surface area contributed by atoms with E-state index >= 15 is 0 Å². The van der Waals surface area contributed by atoms with E-state index in [0.717, 1.165) is 17.2 Å². The molecule has 0 bridgehead atoms. The van der Waals surface area contributed by atoms with Crippen LogP contribution in [0.4, 0.5) is 0 Å². The number of aromatic nitrogens is 4. The molecule has 1 aliphatic rings. The van der Waals surface area contributed by atoms with Crippen LogP contribution in [0.5, 0.6) is 0 Å². The summed E-state index contributed by atoms with van der Waals surface area (Å²) in [6.45, 7) is 5.06. The molecule has 0 amide bonds. The second-order valence-corrected chi connectivity index (χ2v) is 6.83. The van der Waals surface area contributed by atoms with Crippen LogP contribution in [0.1, 0.15) is 49.3 Å². The van der Waals surface area contributed by atoms with Crippen molar-refractivity contribution in [1.82, 2.24) is 14.5 Å². The van der Waals surface area contributed by atoms with Crippen LogP contribution in [-0.2, 0) is 17.8 Å². The van der Waals surface area contributed by atoms with E-state index in [1.165, 1.54) is 0 Å². The number of ketones is 2. The third kappa shape index (κ3) is 2.84. The zero-order chi connectivity index (χ0) is 19.8. The predicted octanol–water partition coefficient (Wildman–Crippen LogP) is 1.65. The number of methoxy groups -OCH3 is 1. The van der Waals surface area contributed by atoms with Crippen LogP contribution in [0.25, 0.3) is 0 Å². The Bertz CT molecular complexity index is 1080. The van der Waals surface area contributed by atoms with Gasteiger partial charge >= 0.3 is 0 Å². The number of hydrogen-bond acceptors (Lipinski definition) is 5. The Balaban J connectivity index is 1.90. The summed E-state index contributed by atoms with van der Waals surface area (Å²) in [5.41, 5.74) is 3.25. The lowest BCUT2D eigenvalue weighted by molar-refractivity contribution is -0.705. The number of nitrogens with zero attached hydrogens (tertiary/aromatic N) is 4. The zero-order valence-electron chi connectivity index (χ0n) is 16.1. The highest BCUT2D eigenvalue weighted by Gasteiger charge is 2.42. The molecule has 0 unspecified atom stereocenters. The number of hydrogen-bond donors (Lipinski definition) is 0. The fraction of sp³-hybridized carbons (Fsp3) is 0.286. The molecule has 2 heterocycles. The van der Waals surface area contributed by atoms with E-state index in [1.54, 1.807) is 43.8 Å². The van der Waals surface area contributed by atoms with Crippen molar-refractivity contribution in [3.63, 3.8) is 0 Å². The normalized spacial score (nSPS) is 12.8. The molecule has 1 aliphatic carbocycles. The Kier molecular flexibility index (Phi) is 4.60. The standard InChI is InChI=1S/C21H21N4O3/c1-13-10-23-15(11-22-13)12-25-14(2)24(8-9-28-3)18-19(25)21(27)17-7-5-4-6-16(17)20(18)26/h4-7,10-11H,8-9,12H2,1-3H3/q+1. The minimum atomic E-state index is -0.149. The molecule has 0 spiro atoms. The summed E-state index contributed by atoms with van der Waals surface area (Å²) in [5, 5.41) is 0. The molecule has 0 atom stereocenters. The summed E-state index contributed by atoms with van der Waals surface area (Å²) in [6, 6.07) is 6.97. The molecule has 2 aromatic heterocycles. The molecule has 4 rings (SSSR count). The number of ether oxygens (including phenoxy) is 1. The third-order valence-electron chi connectivity index (χ3n) is 5.07. The van der Waals surface area contributed by atoms with Crippen molar-refractivity contribution in [2.75, 3.05) is 13.7 Å². The third-order valence-corrected chi connectivity index (χ3v) is 5.07. The fourth-order valence-corrected chi connectivity index (χ4v) is 3.63. The molecule has 7 heteroatoms. The van der Waals surface area contributed by atoms with Gasteiger partial charge in [-0.05, 0) is 6.92 Å². The van der Waals surface area contributed by atoms with E-state index in [1.807, 2.05) is 23.0 Å². The molecular weight excluding hydrogens is 356 g/mol. The van der Waals surface area contributed by atoms with Crippen LogP contribution < -0.4 is 4.57 Å². The fourth-order valence-electron chi connectivity index (χ4n) is 3.63. The van der Waals surface area contributed by atoms with Gasteiger partial charge in [-0.2, -0.15) is 0 Å². The van der Waals surface area contributed by atoms with Gasteiger partial charge in [-0.1, -0.05) is 24.3 Å². The van der Waals surface area contributed by atoms with Crippen molar-refractivity contribution in [3.05, 3.63) is 76.4 Å². The van der Waals surface area contributed by atoms with Crippen molar-refractivity contribution < 1.29 is 18.9 Å². The molecule has 0 fully saturated rings. The molecule has 0 N–H and O–H groups in total. The average Bonchev–Trinajstić information content (AvgIpc) is 2.98. The van der Waals surface area contributed by atoms with Gasteiger partial charge in [0.25, 0.3) is 5.82 Å². The highest BCUT2D eigenvalue weighted by Crippen LogP contribution is 2.27. The maximum atomic E-state index is 13.3. The summed E-state index contributed by atoms with van der Waals surface area (Å²) in [6.07, 6.45) is 3.39. The number of aryl methyl sites for hydroxylation is 1. The molecule has 7 nitrogen and oxygen atoms in total. The lowest BCUT2D eigenvalue weighted by Crippen LogP contribution is -2.44. The lowest BCUT2D eigenvalue weighted by Gasteiger charge is -2.12. The first-order valence-electron chi connectivity index (χ1n) is 9.10. The van der Waals surface area contributed by atoms with E-state index in [9.17, 15) is 9.59 Å². The second-order valence-electron chi connectivity index (χ2n) is 6.83. The largest absolute Gasteiger partial charge is 0.381 e. The summed E-state index contributed by atoms with van der Waals surface area (Å²) in [7, 11) is 1.61. The number of imidazole rings is 1. The minimum Gasteiger partial charge on any atom is -0.381 e. The monoisotopic (exact) mass is 377 g/mol. The Hall–Kier alpha value is -3.19. The van der Waals surface area contributed by atoms with Crippen LogP contribution >= 0.6 is 0 Å². The van der Waals surface area contributed by atoms with Gasteiger partial charge in [-0.15, -0.1) is 0 Å². The lowest BCUT2D eigenvalue weighted by atomic mass is 9.90. The van der Waals surface area contributed by atoms with Gasteiger partial charge in [0.15, 0.2) is 0 Å². The first-order chi connectivity index (χ1) is 13.5. The second kappa shape index (κ2) is 7.09. The van der Waals surface area contributed by atoms with Crippen molar-refractivity contribution in [2.24, 2.45) is 0 Å². The number of benzene rings is 1. The van der Waals surface area contributed by atoms with Gasteiger partial charge in [-0.3, -0.25) is 19.6 Å². The van der Waals surface area contributed by atoms with Crippen molar-refractivity contribution in [3.8, 4) is 0 Å². The van der Waals surface area contributed by atoms with Crippen LogP contribution in [-0.4, -0.2) is 39.8 Å². The Morgan fingerprint density at radius 3 is 2.39 bits per heavy atom. The zero-order valence-corrected chi connectivity index (χ0v) is 16.1. The smallest absolute Gasteiger partial charge is 0.254 e. The number of rotatable bonds is 5. The Morgan fingerprint density at radius 1 is 1.04 bits per heavy atom. The summed E-state index contributed by atoms with van der Waals surface area (Å²) in [5.74, 6) is 0.515. The highest BCUT2D eigenvalue weighted by atomic mass is 16.5. The molecule has 28 heavy (non-hydrogen) atoms. The Morgan fingerprint density at radius 2 is 1.75 bits per heavy atom. The molecule has 0 saturated heterocycles. The number of carbonyl (C=O) groups excluding carboxylic acids is 2. The van der Waals surface area contributed by atoms with Gasteiger partial charge in [0, 0.05) is 31.4 Å². The molecule has 0 saturated carbocycles. The average molecular weight is 377 g/mol. The van der Waals surface area contributed by atoms with E-state index in [4.69, 9.17) is 4.74 Å². The van der Waals surface area contributed by atoms with Gasteiger partial charge in [0.1, 0.15) is 18.8 Å². The number of carbonyl (C=O) groups is 2. The van der Waals surface area contributed by atoms with E-state index < -0.39 is 0 Å². The Labute approximate surface area is 162 Å². The van der Waals surface area contributed by atoms with Crippen molar-refractivity contribution in [1.29, 1.82) is 0 Å². The SMILES string of the molecule is COCC[n+]1c2c(n(Cc3cnc(C)cn3)c1C)C(=O)c1ccccc1C2=O. The first kappa shape index (κ1) is 18.2. The minimum absolute atomic E-state index is 0.141. The first-order valence-corrected chi connectivity index (χ1v) is 9.10. The molecule has 0 aliphatic heterocycles. The van der Waals surface area contributed by atoms with Gasteiger partial charge < -0.3 is 4.74 Å². The summed E-state index contributed by atoms with van der Waals surface area (Å²) in [4.78, 5) is 35.2. The summed E-state index contributed by atoms with van der Waals surface area (Å²) < 4.78 is 8.95. The van der Waals surface area contributed by atoms with Crippen LogP contribution in [0.2, 0.25) is 0 Å². The van der Waals surface area contributed by atoms with E-state index in [0.29, 0.717) is 42.2 Å². The predicted molar refractivity (Wildman–Crippen MR) is 100 cm³/mol. The topological polar surface area (TPSA) is 78.0 Å². The van der Waals surface area contributed by atoms with Gasteiger partial charge in [0.2, 0.25) is 23.0 Å². The molecule has 142 valence electrons. The molecular formula is C21H21N4O3+. The number of fused-ring (bicyclic) bond motifs is 2. The maximum Gasteiger partial charge on any atom is 0.254 e. The van der Waals surface area contributed by atoms with Crippen LogP contribution in [0.3, 0.4) is 0 Å². The molecule has 3 aromatic rings.